The van der Waals surface area contributed by atoms with Crippen LogP contribution in [-0.2, 0) is 9.59 Å². The molecule has 2 aromatic rings. The number of carbonyl (C=O) groups is 2. The maximum Gasteiger partial charge on any atom is 0.328 e. The number of piperidine rings is 1. The van der Waals surface area contributed by atoms with Gasteiger partial charge in [-0.15, -0.1) is 0 Å². The van der Waals surface area contributed by atoms with Gasteiger partial charge in [0.1, 0.15) is 11.5 Å². The van der Waals surface area contributed by atoms with E-state index in [1.54, 1.807) is 0 Å². The topological polar surface area (TPSA) is 87.1 Å². The molecule has 2 atom stereocenters. The Morgan fingerprint density at radius 1 is 0.929 bits per heavy atom. The standard InChI is InChI=1S/C18H19NO.C4H4O4/c1-19-11-10-13-14-6-2-4-8-17(14)20-18-9-5-3-7-15(18)16(13)12-19;5-3(6)1-2-4(7)8/h2-9,13,16H,10-12H2,1H3;1-2H,(H,5,6)(H,7,8)/b;2-1-. The van der Waals surface area contributed by atoms with Gasteiger partial charge in [-0.3, -0.25) is 0 Å². The van der Waals surface area contributed by atoms with Gasteiger partial charge in [-0.25, -0.2) is 9.59 Å². The number of benzene rings is 2. The summed E-state index contributed by atoms with van der Waals surface area (Å²) in [5, 5.41) is 15.6. The van der Waals surface area contributed by atoms with Crippen LogP contribution in [0.3, 0.4) is 0 Å². The van der Waals surface area contributed by atoms with E-state index in [9.17, 15) is 9.59 Å². The fraction of sp³-hybridized carbons (Fsp3) is 0.273. The molecule has 2 aliphatic rings. The van der Waals surface area contributed by atoms with Crippen LogP contribution in [0.15, 0.2) is 60.7 Å². The van der Waals surface area contributed by atoms with Crippen molar-refractivity contribution in [1.29, 1.82) is 0 Å². The summed E-state index contributed by atoms with van der Waals surface area (Å²) in [7, 11) is 2.22. The summed E-state index contributed by atoms with van der Waals surface area (Å²) in [6.07, 6.45) is 2.32. The van der Waals surface area contributed by atoms with E-state index in [1.807, 2.05) is 0 Å². The Balaban J connectivity index is 0.000000242. The molecule has 0 bridgehead atoms. The van der Waals surface area contributed by atoms with Gasteiger partial charge in [0.2, 0.25) is 0 Å². The lowest BCUT2D eigenvalue weighted by Gasteiger charge is -2.36. The SMILES string of the molecule is CN1CCC2c3ccccc3Oc3ccccc3C2C1.O=C(O)/C=C\C(=O)O. The number of aliphatic carboxylic acids is 2. The van der Waals surface area contributed by atoms with Crippen molar-refractivity contribution in [3.8, 4) is 11.5 Å². The molecule has 0 spiro atoms. The fourth-order valence-corrected chi connectivity index (χ4v) is 3.82. The second-order valence-electron chi connectivity index (χ2n) is 6.95. The van der Waals surface area contributed by atoms with Crippen LogP contribution in [-0.4, -0.2) is 47.2 Å². The molecule has 0 amide bonds. The number of likely N-dealkylation sites (N-methyl/N-ethyl adjacent to an activating group) is 1. The molecule has 4 rings (SSSR count). The van der Waals surface area contributed by atoms with Crippen LogP contribution in [0.1, 0.15) is 29.4 Å². The Bertz CT molecular complexity index is 876. The zero-order chi connectivity index (χ0) is 20.1. The molecule has 0 radical (unpaired) electrons. The first-order valence-corrected chi connectivity index (χ1v) is 9.14. The molecule has 2 heterocycles. The molecule has 0 aliphatic carbocycles. The summed E-state index contributed by atoms with van der Waals surface area (Å²) in [5.41, 5.74) is 2.74. The van der Waals surface area contributed by atoms with Crippen LogP contribution in [0.5, 0.6) is 11.5 Å². The zero-order valence-electron chi connectivity index (χ0n) is 15.6. The molecule has 2 N–H and O–H groups in total. The normalized spacial score (nSPS) is 20.5. The molecule has 0 aromatic heterocycles. The third-order valence-corrected chi connectivity index (χ3v) is 5.04. The molecule has 1 saturated heterocycles. The average Bonchev–Trinajstić information content (AvgIpc) is 2.81. The highest BCUT2D eigenvalue weighted by Crippen LogP contribution is 2.49. The number of rotatable bonds is 2. The minimum absolute atomic E-state index is 0.536. The molecular weight excluding hydrogens is 358 g/mol. The second kappa shape index (κ2) is 8.71. The molecule has 0 saturated carbocycles. The first-order valence-electron chi connectivity index (χ1n) is 9.14. The number of carboxylic acids is 2. The predicted molar refractivity (Wildman–Crippen MR) is 105 cm³/mol. The van der Waals surface area contributed by atoms with Gasteiger partial charge in [-0.2, -0.15) is 0 Å². The number of hydrogen-bond acceptors (Lipinski definition) is 4. The maximum atomic E-state index is 9.55. The van der Waals surface area contributed by atoms with Crippen molar-refractivity contribution in [3.05, 3.63) is 71.8 Å². The molecule has 6 heteroatoms. The van der Waals surface area contributed by atoms with Crippen LogP contribution in [0, 0.1) is 0 Å². The summed E-state index contributed by atoms with van der Waals surface area (Å²) < 4.78 is 6.21. The Morgan fingerprint density at radius 2 is 1.43 bits per heavy atom. The molecule has 2 aliphatic heterocycles. The Hall–Kier alpha value is -3.12. The van der Waals surface area contributed by atoms with Crippen molar-refractivity contribution in [2.75, 3.05) is 20.1 Å². The number of ether oxygens (including phenoxy) is 1. The highest BCUT2D eigenvalue weighted by molar-refractivity contribution is 5.89. The van der Waals surface area contributed by atoms with Gasteiger partial charge in [0.15, 0.2) is 0 Å². The van der Waals surface area contributed by atoms with E-state index in [4.69, 9.17) is 14.9 Å². The van der Waals surface area contributed by atoms with Crippen molar-refractivity contribution in [2.45, 2.75) is 18.3 Å². The molecule has 1 fully saturated rings. The van der Waals surface area contributed by atoms with Crippen LogP contribution in [0.25, 0.3) is 0 Å². The van der Waals surface area contributed by atoms with Gasteiger partial charge in [-0.1, -0.05) is 36.4 Å². The number of likely N-dealkylation sites (tertiary alicyclic amines) is 1. The maximum absolute atomic E-state index is 9.55. The van der Waals surface area contributed by atoms with Crippen molar-refractivity contribution >= 4 is 11.9 Å². The van der Waals surface area contributed by atoms with Crippen LogP contribution < -0.4 is 4.74 Å². The molecule has 2 unspecified atom stereocenters. The van der Waals surface area contributed by atoms with Gasteiger partial charge in [-0.05, 0) is 49.2 Å². The van der Waals surface area contributed by atoms with E-state index in [1.165, 1.54) is 17.5 Å². The van der Waals surface area contributed by atoms with Crippen molar-refractivity contribution < 1.29 is 24.5 Å². The van der Waals surface area contributed by atoms with Crippen LogP contribution >= 0.6 is 0 Å². The van der Waals surface area contributed by atoms with E-state index in [-0.39, 0.29) is 0 Å². The number of carboxylic acid groups (broad SMARTS) is 2. The zero-order valence-corrected chi connectivity index (χ0v) is 15.6. The highest BCUT2D eigenvalue weighted by Gasteiger charge is 2.35. The number of para-hydroxylation sites is 2. The lowest BCUT2D eigenvalue weighted by atomic mass is 9.77. The van der Waals surface area contributed by atoms with E-state index < -0.39 is 11.9 Å². The van der Waals surface area contributed by atoms with E-state index in [2.05, 4.69) is 60.5 Å². The van der Waals surface area contributed by atoms with E-state index in [0.717, 1.165) is 24.6 Å². The van der Waals surface area contributed by atoms with Crippen molar-refractivity contribution in [3.63, 3.8) is 0 Å². The third-order valence-electron chi connectivity index (χ3n) is 5.04. The van der Waals surface area contributed by atoms with Crippen LogP contribution in [0.2, 0.25) is 0 Å². The van der Waals surface area contributed by atoms with Crippen molar-refractivity contribution in [1.82, 2.24) is 4.90 Å². The summed E-state index contributed by atoms with van der Waals surface area (Å²) in [5.74, 6) is 0.666. The summed E-state index contributed by atoms with van der Waals surface area (Å²) >= 11 is 0. The van der Waals surface area contributed by atoms with E-state index in [0.29, 0.717) is 24.0 Å². The monoisotopic (exact) mass is 381 g/mol. The Labute approximate surface area is 163 Å². The minimum Gasteiger partial charge on any atom is -0.478 e. The third kappa shape index (κ3) is 4.58. The molecule has 6 nitrogen and oxygen atoms in total. The minimum atomic E-state index is -1.26. The Morgan fingerprint density at radius 3 is 1.96 bits per heavy atom. The van der Waals surface area contributed by atoms with Gasteiger partial charge >= 0.3 is 11.9 Å². The summed E-state index contributed by atoms with van der Waals surface area (Å²) in [4.78, 5) is 21.5. The van der Waals surface area contributed by atoms with Crippen molar-refractivity contribution in [2.24, 2.45) is 0 Å². The second-order valence-corrected chi connectivity index (χ2v) is 6.95. The lowest BCUT2D eigenvalue weighted by Crippen LogP contribution is -2.35. The first kappa shape index (κ1) is 19.6. The largest absolute Gasteiger partial charge is 0.478 e. The van der Waals surface area contributed by atoms with Gasteiger partial charge in [0.25, 0.3) is 0 Å². The van der Waals surface area contributed by atoms with Gasteiger partial charge < -0.3 is 19.8 Å². The summed E-state index contributed by atoms with van der Waals surface area (Å²) in [6.45, 7) is 2.27. The first-order chi connectivity index (χ1) is 13.5. The van der Waals surface area contributed by atoms with Gasteiger partial charge in [0, 0.05) is 24.6 Å². The molecule has 28 heavy (non-hydrogen) atoms. The lowest BCUT2D eigenvalue weighted by molar-refractivity contribution is -0.134. The predicted octanol–water partition coefficient (Wildman–Crippen LogP) is 3.71. The quantitative estimate of drug-likeness (QED) is 0.771. The molecular formula is C22H23NO5. The highest BCUT2D eigenvalue weighted by atomic mass is 16.5. The number of fused-ring (bicyclic) bond motifs is 5. The average molecular weight is 381 g/mol. The number of nitrogens with zero attached hydrogens (tertiary/aromatic N) is 1. The number of hydrogen-bond donors (Lipinski definition) is 2. The van der Waals surface area contributed by atoms with Gasteiger partial charge in [0.05, 0.1) is 0 Å². The Kier molecular flexibility index (Phi) is 6.11. The van der Waals surface area contributed by atoms with E-state index >= 15 is 0 Å². The molecule has 2 aromatic carbocycles. The van der Waals surface area contributed by atoms with Crippen LogP contribution in [0.4, 0.5) is 0 Å². The summed E-state index contributed by atoms with van der Waals surface area (Å²) in [6, 6.07) is 17.1. The fourth-order valence-electron chi connectivity index (χ4n) is 3.82. The molecule has 146 valence electrons. The smallest absolute Gasteiger partial charge is 0.328 e.